The molecule has 2 aromatic carbocycles. The highest BCUT2D eigenvalue weighted by atomic mass is 35.5. The van der Waals surface area contributed by atoms with Crippen LogP contribution in [0.4, 0.5) is 10.1 Å². The molecular formula is C21H20ClFN2O3S. The molecule has 0 saturated carbocycles. The highest BCUT2D eigenvalue weighted by molar-refractivity contribution is 8.18. The van der Waals surface area contributed by atoms with Crippen molar-refractivity contribution in [1.82, 2.24) is 4.90 Å². The SMILES string of the molecule is CCOc1cc(Cl)c(/C=C2/SC(=Nc3ccc(F)cc3)N(CC)C2=O)cc1OC. The number of nitrogens with zero attached hydrogens (tertiary/aromatic N) is 2. The number of aliphatic imine (C=N–C) groups is 1. The number of ether oxygens (including phenoxy) is 2. The van der Waals surface area contributed by atoms with E-state index in [2.05, 4.69) is 4.99 Å². The Hall–Kier alpha value is -2.51. The topological polar surface area (TPSA) is 51.1 Å². The molecule has 29 heavy (non-hydrogen) atoms. The molecule has 0 N–H and O–H groups in total. The van der Waals surface area contributed by atoms with Gasteiger partial charge in [0.1, 0.15) is 5.82 Å². The molecule has 1 saturated heterocycles. The minimum absolute atomic E-state index is 0.165. The van der Waals surface area contributed by atoms with Crippen molar-refractivity contribution in [3.05, 3.63) is 57.7 Å². The highest BCUT2D eigenvalue weighted by Gasteiger charge is 2.32. The zero-order valence-electron chi connectivity index (χ0n) is 16.2. The fraction of sp³-hybridized carbons (Fsp3) is 0.238. The number of halogens is 2. The van der Waals surface area contributed by atoms with Gasteiger partial charge in [-0.1, -0.05) is 11.6 Å². The zero-order chi connectivity index (χ0) is 21.0. The van der Waals surface area contributed by atoms with Gasteiger partial charge in [0.15, 0.2) is 16.7 Å². The molecule has 0 aliphatic carbocycles. The van der Waals surface area contributed by atoms with E-state index in [4.69, 9.17) is 21.1 Å². The third kappa shape index (κ3) is 4.74. The molecule has 1 aliphatic rings. The molecule has 1 amide bonds. The first kappa shape index (κ1) is 21.2. The largest absolute Gasteiger partial charge is 0.493 e. The Morgan fingerprint density at radius 3 is 2.55 bits per heavy atom. The van der Waals surface area contributed by atoms with Gasteiger partial charge in [-0.15, -0.1) is 0 Å². The van der Waals surface area contributed by atoms with Crippen molar-refractivity contribution < 1.29 is 18.7 Å². The Balaban J connectivity index is 1.96. The molecule has 1 heterocycles. The van der Waals surface area contributed by atoms with Gasteiger partial charge in [-0.25, -0.2) is 9.38 Å². The van der Waals surface area contributed by atoms with Crippen molar-refractivity contribution in [3.63, 3.8) is 0 Å². The van der Waals surface area contributed by atoms with Gasteiger partial charge in [-0.05, 0) is 67.6 Å². The van der Waals surface area contributed by atoms with Gasteiger partial charge in [-0.2, -0.15) is 0 Å². The molecule has 3 rings (SSSR count). The maximum atomic E-state index is 13.1. The van der Waals surface area contributed by atoms with Crippen molar-refractivity contribution >= 4 is 46.2 Å². The molecule has 0 radical (unpaired) electrons. The van der Waals surface area contributed by atoms with Gasteiger partial charge >= 0.3 is 0 Å². The van der Waals surface area contributed by atoms with Crippen LogP contribution in [0.3, 0.4) is 0 Å². The zero-order valence-corrected chi connectivity index (χ0v) is 17.8. The lowest BCUT2D eigenvalue weighted by molar-refractivity contribution is -0.122. The van der Waals surface area contributed by atoms with Crippen molar-refractivity contribution in [2.75, 3.05) is 20.3 Å². The summed E-state index contributed by atoms with van der Waals surface area (Å²) in [5.74, 6) is 0.575. The second-order valence-electron chi connectivity index (χ2n) is 5.99. The highest BCUT2D eigenvalue weighted by Crippen LogP contribution is 2.38. The van der Waals surface area contributed by atoms with Crippen LogP contribution in [0, 0.1) is 5.82 Å². The van der Waals surface area contributed by atoms with Crippen LogP contribution in [0.2, 0.25) is 5.02 Å². The monoisotopic (exact) mass is 434 g/mol. The van der Waals surface area contributed by atoms with Crippen molar-refractivity contribution in [2.24, 2.45) is 4.99 Å². The van der Waals surface area contributed by atoms with E-state index in [9.17, 15) is 9.18 Å². The Bertz CT molecular complexity index is 977. The minimum Gasteiger partial charge on any atom is -0.493 e. The van der Waals surface area contributed by atoms with E-state index >= 15 is 0 Å². The first-order valence-corrected chi connectivity index (χ1v) is 10.2. The number of hydrogen-bond donors (Lipinski definition) is 0. The summed E-state index contributed by atoms with van der Waals surface area (Å²) in [5, 5.41) is 0.978. The third-order valence-electron chi connectivity index (χ3n) is 4.13. The number of rotatable bonds is 6. The molecule has 1 aliphatic heterocycles. The van der Waals surface area contributed by atoms with Gasteiger partial charge in [0, 0.05) is 12.6 Å². The lowest BCUT2D eigenvalue weighted by atomic mass is 10.1. The van der Waals surface area contributed by atoms with E-state index < -0.39 is 0 Å². The Morgan fingerprint density at radius 1 is 1.21 bits per heavy atom. The van der Waals surface area contributed by atoms with Crippen LogP contribution >= 0.6 is 23.4 Å². The number of amidine groups is 1. The smallest absolute Gasteiger partial charge is 0.266 e. The number of carbonyl (C=O) groups is 1. The molecule has 0 unspecified atom stereocenters. The van der Waals surface area contributed by atoms with Crippen LogP contribution in [-0.2, 0) is 4.79 Å². The lowest BCUT2D eigenvalue weighted by Crippen LogP contribution is -2.28. The first-order chi connectivity index (χ1) is 14.0. The van der Waals surface area contributed by atoms with E-state index in [-0.39, 0.29) is 11.7 Å². The second-order valence-corrected chi connectivity index (χ2v) is 7.40. The number of amides is 1. The van der Waals surface area contributed by atoms with Gasteiger partial charge in [0.05, 0.1) is 29.3 Å². The van der Waals surface area contributed by atoms with Crippen molar-refractivity contribution in [3.8, 4) is 11.5 Å². The fourth-order valence-corrected chi connectivity index (χ4v) is 3.99. The second kappa shape index (κ2) is 9.33. The summed E-state index contributed by atoms with van der Waals surface area (Å²) in [6.45, 7) is 4.69. The van der Waals surface area contributed by atoms with Gasteiger partial charge in [-0.3, -0.25) is 9.69 Å². The van der Waals surface area contributed by atoms with Gasteiger partial charge < -0.3 is 9.47 Å². The van der Waals surface area contributed by atoms with Crippen LogP contribution < -0.4 is 9.47 Å². The molecule has 0 bridgehead atoms. The standard InChI is InChI=1S/C21H20ClFN2O3S/c1-4-25-20(26)19(29-21(25)24-15-8-6-14(23)7-9-15)11-13-10-17(27-3)18(28-5-2)12-16(13)22/h6-12H,4-5H2,1-3H3/b19-11+,24-21?. The Labute approximate surface area is 178 Å². The van der Waals surface area contributed by atoms with Crippen LogP contribution in [0.15, 0.2) is 46.3 Å². The normalized spacial score (nSPS) is 16.7. The molecule has 0 aromatic heterocycles. The summed E-state index contributed by atoms with van der Waals surface area (Å²) in [6.07, 6.45) is 1.71. The number of likely N-dealkylation sites (N-methyl/N-ethyl adjacent to an activating group) is 1. The van der Waals surface area contributed by atoms with Crippen LogP contribution in [0.5, 0.6) is 11.5 Å². The molecule has 5 nitrogen and oxygen atoms in total. The van der Waals surface area contributed by atoms with E-state index in [0.717, 1.165) is 0 Å². The number of thioether (sulfide) groups is 1. The predicted molar refractivity (Wildman–Crippen MR) is 116 cm³/mol. The van der Waals surface area contributed by atoms with Crippen LogP contribution in [-0.4, -0.2) is 36.2 Å². The van der Waals surface area contributed by atoms with E-state index in [1.54, 1.807) is 42.4 Å². The predicted octanol–water partition coefficient (Wildman–Crippen LogP) is 5.51. The van der Waals surface area contributed by atoms with E-state index in [1.165, 1.54) is 23.9 Å². The molecule has 0 spiro atoms. The maximum Gasteiger partial charge on any atom is 0.266 e. The number of hydrogen-bond acceptors (Lipinski definition) is 5. The molecule has 8 heteroatoms. The quantitative estimate of drug-likeness (QED) is 0.562. The first-order valence-electron chi connectivity index (χ1n) is 9.02. The van der Waals surface area contributed by atoms with Gasteiger partial charge in [0.25, 0.3) is 5.91 Å². The number of methoxy groups -OCH3 is 1. The third-order valence-corrected chi connectivity index (χ3v) is 5.46. The number of carbonyl (C=O) groups excluding carboxylic acids is 1. The summed E-state index contributed by atoms with van der Waals surface area (Å²) >= 11 is 7.64. The van der Waals surface area contributed by atoms with Gasteiger partial charge in [0.2, 0.25) is 0 Å². The maximum absolute atomic E-state index is 13.1. The Morgan fingerprint density at radius 2 is 1.93 bits per heavy atom. The molecule has 0 atom stereocenters. The van der Waals surface area contributed by atoms with Crippen molar-refractivity contribution in [1.29, 1.82) is 0 Å². The summed E-state index contributed by atoms with van der Waals surface area (Å²) < 4.78 is 24.0. The molecule has 1 fully saturated rings. The van der Waals surface area contributed by atoms with Crippen LogP contribution in [0.25, 0.3) is 6.08 Å². The summed E-state index contributed by atoms with van der Waals surface area (Å²) in [7, 11) is 1.55. The van der Waals surface area contributed by atoms with Crippen LogP contribution in [0.1, 0.15) is 19.4 Å². The molecule has 152 valence electrons. The average Bonchev–Trinajstić information content (AvgIpc) is 3.00. The van der Waals surface area contributed by atoms with E-state index in [0.29, 0.717) is 51.0 Å². The Kier molecular flexibility index (Phi) is 6.82. The average molecular weight is 435 g/mol. The molecule has 2 aromatic rings. The fourth-order valence-electron chi connectivity index (χ4n) is 2.73. The molecular weight excluding hydrogens is 415 g/mol. The number of benzene rings is 2. The van der Waals surface area contributed by atoms with Crippen molar-refractivity contribution in [2.45, 2.75) is 13.8 Å². The summed E-state index contributed by atoms with van der Waals surface area (Å²) in [5.41, 5.74) is 1.21. The summed E-state index contributed by atoms with van der Waals surface area (Å²) in [4.78, 5) is 19.4. The summed E-state index contributed by atoms with van der Waals surface area (Å²) in [6, 6.07) is 9.21. The minimum atomic E-state index is -0.337. The van der Waals surface area contributed by atoms with E-state index in [1.807, 2.05) is 13.8 Å². The lowest BCUT2D eigenvalue weighted by Gasteiger charge is -2.12.